The quantitative estimate of drug-likeness (QED) is 0.549. The molecule has 0 fully saturated rings. The smallest absolute Gasteiger partial charge is 0.352 e. The van der Waals surface area contributed by atoms with Crippen LogP contribution in [0.5, 0.6) is 0 Å². The van der Waals surface area contributed by atoms with Gasteiger partial charge in [0.05, 0.1) is 23.9 Å². The number of hydrogen-bond acceptors (Lipinski definition) is 4. The Labute approximate surface area is 95.2 Å². The highest BCUT2D eigenvalue weighted by Gasteiger charge is 2.26. The first-order valence-corrected chi connectivity index (χ1v) is 4.69. The number of alkyl halides is 3. The SMILES string of the molecule is NNc1cnccc1C(=O)NCCC(F)(F)F. The molecule has 0 radical (unpaired) electrons. The highest BCUT2D eigenvalue weighted by atomic mass is 19.4. The van der Waals surface area contributed by atoms with Gasteiger partial charge in [0.25, 0.3) is 5.91 Å². The Morgan fingerprint density at radius 2 is 2.18 bits per heavy atom. The molecule has 94 valence electrons. The molecular formula is C9H11F3N4O. The van der Waals surface area contributed by atoms with Crippen LogP contribution in [0.4, 0.5) is 18.9 Å². The van der Waals surface area contributed by atoms with Crippen LogP contribution in [0.1, 0.15) is 16.8 Å². The molecule has 0 saturated heterocycles. The van der Waals surface area contributed by atoms with Crippen LogP contribution < -0.4 is 16.6 Å². The van der Waals surface area contributed by atoms with Crippen molar-refractivity contribution in [3.8, 4) is 0 Å². The Hall–Kier alpha value is -1.83. The van der Waals surface area contributed by atoms with Crippen LogP contribution in [0.15, 0.2) is 18.5 Å². The molecule has 1 aromatic heterocycles. The number of nitrogen functional groups attached to an aromatic ring is 1. The molecule has 17 heavy (non-hydrogen) atoms. The molecular weight excluding hydrogens is 237 g/mol. The maximum Gasteiger partial charge on any atom is 0.390 e. The van der Waals surface area contributed by atoms with E-state index in [1.54, 1.807) is 0 Å². The van der Waals surface area contributed by atoms with Crippen LogP contribution >= 0.6 is 0 Å². The third-order valence-corrected chi connectivity index (χ3v) is 1.92. The van der Waals surface area contributed by atoms with Gasteiger partial charge >= 0.3 is 6.18 Å². The molecule has 1 rings (SSSR count). The van der Waals surface area contributed by atoms with Crippen molar-refractivity contribution in [2.75, 3.05) is 12.0 Å². The summed E-state index contributed by atoms with van der Waals surface area (Å²) < 4.78 is 35.6. The summed E-state index contributed by atoms with van der Waals surface area (Å²) in [6, 6.07) is 1.36. The average Bonchev–Trinajstić information content (AvgIpc) is 2.27. The number of aromatic nitrogens is 1. The predicted octanol–water partition coefficient (Wildman–Crippen LogP) is 1.05. The van der Waals surface area contributed by atoms with Crippen molar-refractivity contribution in [3.05, 3.63) is 24.0 Å². The number of pyridine rings is 1. The fourth-order valence-electron chi connectivity index (χ4n) is 1.12. The highest BCUT2D eigenvalue weighted by Crippen LogP contribution is 2.18. The summed E-state index contributed by atoms with van der Waals surface area (Å²) in [4.78, 5) is 15.2. The number of hydrogen-bond donors (Lipinski definition) is 3. The number of hydrazine groups is 1. The lowest BCUT2D eigenvalue weighted by Crippen LogP contribution is -2.29. The first kappa shape index (κ1) is 13.2. The Morgan fingerprint density at radius 3 is 2.76 bits per heavy atom. The lowest BCUT2D eigenvalue weighted by Gasteiger charge is -2.10. The molecule has 0 aliphatic carbocycles. The number of nitrogens with one attached hydrogen (secondary N) is 2. The molecule has 1 aromatic rings. The van der Waals surface area contributed by atoms with E-state index < -0.39 is 25.0 Å². The second kappa shape index (κ2) is 5.48. The average molecular weight is 248 g/mol. The molecule has 4 N–H and O–H groups in total. The highest BCUT2D eigenvalue weighted by molar-refractivity contribution is 5.99. The molecule has 0 aromatic carbocycles. The van der Waals surface area contributed by atoms with Gasteiger partial charge in [0.2, 0.25) is 0 Å². The summed E-state index contributed by atoms with van der Waals surface area (Å²) in [7, 11) is 0. The molecule has 0 saturated carbocycles. The van der Waals surface area contributed by atoms with E-state index in [-0.39, 0.29) is 11.3 Å². The van der Waals surface area contributed by atoms with Crippen LogP contribution in [0.3, 0.4) is 0 Å². The van der Waals surface area contributed by atoms with E-state index in [4.69, 9.17) is 5.84 Å². The van der Waals surface area contributed by atoms with Gasteiger partial charge < -0.3 is 10.7 Å². The fraction of sp³-hybridized carbons (Fsp3) is 0.333. The van der Waals surface area contributed by atoms with Crippen molar-refractivity contribution in [2.24, 2.45) is 5.84 Å². The van der Waals surface area contributed by atoms with E-state index in [0.717, 1.165) is 0 Å². The minimum Gasteiger partial charge on any atom is -0.352 e. The standard InChI is InChI=1S/C9H11F3N4O/c10-9(11,12)2-4-15-8(17)6-1-3-14-5-7(6)16-13/h1,3,5,16H,2,4,13H2,(H,15,17). The number of anilines is 1. The number of nitrogens with two attached hydrogens (primary N) is 1. The van der Waals surface area contributed by atoms with Crippen molar-refractivity contribution in [3.63, 3.8) is 0 Å². The Kier molecular flexibility index (Phi) is 4.27. The van der Waals surface area contributed by atoms with Gasteiger partial charge in [-0.2, -0.15) is 13.2 Å². The van der Waals surface area contributed by atoms with Crippen LogP contribution in [-0.2, 0) is 0 Å². The second-order valence-corrected chi connectivity index (χ2v) is 3.19. The van der Waals surface area contributed by atoms with Crippen LogP contribution in [0, 0.1) is 0 Å². The number of amides is 1. The van der Waals surface area contributed by atoms with Crippen molar-refractivity contribution >= 4 is 11.6 Å². The Morgan fingerprint density at radius 1 is 1.47 bits per heavy atom. The number of nitrogens with zero attached hydrogens (tertiary/aromatic N) is 1. The predicted molar refractivity (Wildman–Crippen MR) is 55.1 cm³/mol. The van der Waals surface area contributed by atoms with Crippen molar-refractivity contribution < 1.29 is 18.0 Å². The Balaban J connectivity index is 2.58. The number of carbonyl (C=O) groups is 1. The molecule has 0 spiro atoms. The minimum absolute atomic E-state index is 0.143. The van der Waals surface area contributed by atoms with E-state index in [9.17, 15) is 18.0 Å². The molecule has 0 atom stereocenters. The summed E-state index contributed by atoms with van der Waals surface area (Å²) in [5.41, 5.74) is 2.63. The number of halogens is 3. The van der Waals surface area contributed by atoms with Crippen molar-refractivity contribution in [1.29, 1.82) is 0 Å². The summed E-state index contributed by atoms with van der Waals surface area (Å²) in [5, 5.41) is 2.15. The van der Waals surface area contributed by atoms with Crippen molar-refractivity contribution in [2.45, 2.75) is 12.6 Å². The third-order valence-electron chi connectivity index (χ3n) is 1.92. The zero-order valence-electron chi connectivity index (χ0n) is 8.71. The molecule has 1 heterocycles. The zero-order valence-corrected chi connectivity index (χ0v) is 8.71. The number of carbonyl (C=O) groups excluding carboxylic acids is 1. The first-order chi connectivity index (χ1) is 7.94. The maximum absolute atomic E-state index is 11.9. The van der Waals surface area contributed by atoms with Gasteiger partial charge in [-0.15, -0.1) is 0 Å². The molecule has 0 bridgehead atoms. The summed E-state index contributed by atoms with van der Waals surface area (Å²) in [5.74, 6) is 4.50. The summed E-state index contributed by atoms with van der Waals surface area (Å²) in [6.07, 6.45) is -2.71. The van der Waals surface area contributed by atoms with E-state index in [2.05, 4.69) is 15.7 Å². The van der Waals surface area contributed by atoms with Gasteiger partial charge in [-0.1, -0.05) is 0 Å². The largest absolute Gasteiger partial charge is 0.390 e. The summed E-state index contributed by atoms with van der Waals surface area (Å²) in [6.45, 7) is -0.478. The molecule has 0 aliphatic rings. The lowest BCUT2D eigenvalue weighted by atomic mass is 10.2. The normalized spacial score (nSPS) is 11.1. The van der Waals surface area contributed by atoms with Crippen LogP contribution in [0.2, 0.25) is 0 Å². The Bertz CT molecular complexity index is 394. The monoisotopic (exact) mass is 248 g/mol. The van der Waals surface area contributed by atoms with Gasteiger partial charge in [0.1, 0.15) is 0 Å². The zero-order chi connectivity index (χ0) is 12.9. The molecule has 8 heteroatoms. The van der Waals surface area contributed by atoms with Gasteiger partial charge in [-0.05, 0) is 6.07 Å². The minimum atomic E-state index is -4.29. The topological polar surface area (TPSA) is 80.0 Å². The lowest BCUT2D eigenvalue weighted by molar-refractivity contribution is -0.132. The van der Waals surface area contributed by atoms with Crippen LogP contribution in [-0.4, -0.2) is 23.6 Å². The maximum atomic E-state index is 11.9. The van der Waals surface area contributed by atoms with E-state index >= 15 is 0 Å². The van der Waals surface area contributed by atoms with E-state index in [1.165, 1.54) is 18.5 Å². The fourth-order valence-corrected chi connectivity index (χ4v) is 1.12. The molecule has 0 unspecified atom stereocenters. The van der Waals surface area contributed by atoms with Gasteiger partial charge in [-0.3, -0.25) is 15.6 Å². The van der Waals surface area contributed by atoms with Gasteiger partial charge in [-0.25, -0.2) is 0 Å². The van der Waals surface area contributed by atoms with Gasteiger partial charge in [0, 0.05) is 12.7 Å². The molecule has 1 amide bonds. The number of rotatable bonds is 4. The summed E-state index contributed by atoms with van der Waals surface area (Å²) >= 11 is 0. The van der Waals surface area contributed by atoms with Crippen molar-refractivity contribution in [1.82, 2.24) is 10.3 Å². The van der Waals surface area contributed by atoms with Gasteiger partial charge in [0.15, 0.2) is 0 Å². The molecule has 0 aliphatic heterocycles. The van der Waals surface area contributed by atoms with E-state index in [0.29, 0.717) is 0 Å². The molecule has 5 nitrogen and oxygen atoms in total. The second-order valence-electron chi connectivity index (χ2n) is 3.19. The third kappa shape index (κ3) is 4.27. The van der Waals surface area contributed by atoms with E-state index in [1.807, 2.05) is 0 Å². The van der Waals surface area contributed by atoms with Crippen LogP contribution in [0.25, 0.3) is 0 Å². The first-order valence-electron chi connectivity index (χ1n) is 4.69.